The van der Waals surface area contributed by atoms with Crippen molar-refractivity contribution in [2.75, 3.05) is 19.5 Å². The fourth-order valence-electron chi connectivity index (χ4n) is 1.50. The molecule has 0 aliphatic rings. The maximum Gasteiger partial charge on any atom is 0.142 e. The van der Waals surface area contributed by atoms with Gasteiger partial charge in [0.05, 0.1) is 19.4 Å². The van der Waals surface area contributed by atoms with E-state index in [4.69, 9.17) is 15.2 Å². The molecule has 0 radical (unpaired) electrons. The normalized spacial score (nSPS) is 10.1. The van der Waals surface area contributed by atoms with E-state index < -0.39 is 0 Å². The van der Waals surface area contributed by atoms with Gasteiger partial charge < -0.3 is 15.2 Å². The summed E-state index contributed by atoms with van der Waals surface area (Å²) in [5, 5.41) is 0. The molecular formula is C13H21NO2. The maximum absolute atomic E-state index is 5.83. The molecule has 90 valence electrons. The van der Waals surface area contributed by atoms with Crippen LogP contribution in [0.15, 0.2) is 18.2 Å². The minimum atomic E-state index is 0.634. The zero-order valence-corrected chi connectivity index (χ0v) is 10.2. The number of rotatable bonds is 7. The van der Waals surface area contributed by atoms with Crippen LogP contribution in [0.2, 0.25) is 0 Å². The summed E-state index contributed by atoms with van der Waals surface area (Å²) in [7, 11) is 1.63. The average Bonchev–Trinajstić information content (AvgIpc) is 2.30. The van der Waals surface area contributed by atoms with Gasteiger partial charge in [-0.3, -0.25) is 0 Å². The molecule has 0 aliphatic carbocycles. The molecule has 0 unspecified atom stereocenters. The highest BCUT2D eigenvalue weighted by atomic mass is 16.5. The number of unbranched alkanes of at least 4 members (excludes halogenated alkanes) is 3. The van der Waals surface area contributed by atoms with Crippen LogP contribution < -0.4 is 15.2 Å². The van der Waals surface area contributed by atoms with Gasteiger partial charge in [-0.15, -0.1) is 0 Å². The number of methoxy groups -OCH3 is 1. The quantitative estimate of drug-likeness (QED) is 0.570. The molecular weight excluding hydrogens is 202 g/mol. The first-order chi connectivity index (χ1) is 7.77. The van der Waals surface area contributed by atoms with Crippen LogP contribution in [0.4, 0.5) is 5.69 Å². The van der Waals surface area contributed by atoms with E-state index in [0.717, 1.165) is 24.5 Å². The second-order valence-corrected chi connectivity index (χ2v) is 3.81. The molecule has 0 heterocycles. The Morgan fingerprint density at radius 3 is 2.62 bits per heavy atom. The Hall–Kier alpha value is -1.38. The molecule has 3 nitrogen and oxygen atoms in total. The van der Waals surface area contributed by atoms with E-state index in [1.165, 1.54) is 19.3 Å². The van der Waals surface area contributed by atoms with Crippen LogP contribution in [-0.2, 0) is 0 Å². The Morgan fingerprint density at radius 2 is 2.00 bits per heavy atom. The number of anilines is 1. The summed E-state index contributed by atoms with van der Waals surface area (Å²) in [6.07, 6.45) is 4.80. The topological polar surface area (TPSA) is 44.5 Å². The maximum atomic E-state index is 5.83. The van der Waals surface area contributed by atoms with E-state index in [1.807, 2.05) is 12.1 Å². The Labute approximate surface area is 97.6 Å². The van der Waals surface area contributed by atoms with Crippen molar-refractivity contribution in [3.63, 3.8) is 0 Å². The molecule has 1 aromatic carbocycles. The molecule has 0 saturated heterocycles. The van der Waals surface area contributed by atoms with E-state index in [9.17, 15) is 0 Å². The summed E-state index contributed by atoms with van der Waals surface area (Å²) in [5.74, 6) is 1.51. The fourth-order valence-corrected chi connectivity index (χ4v) is 1.50. The van der Waals surface area contributed by atoms with Crippen molar-refractivity contribution in [1.29, 1.82) is 0 Å². The third kappa shape index (κ3) is 4.01. The van der Waals surface area contributed by atoms with Crippen LogP contribution in [0.25, 0.3) is 0 Å². The van der Waals surface area contributed by atoms with Crippen LogP contribution >= 0.6 is 0 Å². The van der Waals surface area contributed by atoms with Crippen molar-refractivity contribution >= 4 is 5.69 Å². The second-order valence-electron chi connectivity index (χ2n) is 3.81. The molecule has 0 aromatic heterocycles. The van der Waals surface area contributed by atoms with Gasteiger partial charge in [-0.1, -0.05) is 26.2 Å². The molecule has 3 heteroatoms. The molecule has 1 aromatic rings. The minimum Gasteiger partial charge on any atom is -0.497 e. The summed E-state index contributed by atoms with van der Waals surface area (Å²) in [6, 6.07) is 5.49. The van der Waals surface area contributed by atoms with Crippen LogP contribution in [0.5, 0.6) is 11.5 Å². The molecule has 0 aliphatic heterocycles. The van der Waals surface area contributed by atoms with Crippen LogP contribution in [0, 0.1) is 0 Å². The Balaban J connectivity index is 2.36. The molecule has 2 N–H and O–H groups in total. The Kier molecular flexibility index (Phi) is 5.54. The van der Waals surface area contributed by atoms with Gasteiger partial charge in [0.25, 0.3) is 0 Å². The predicted molar refractivity (Wildman–Crippen MR) is 67.0 cm³/mol. The second kappa shape index (κ2) is 6.99. The average molecular weight is 223 g/mol. The van der Waals surface area contributed by atoms with E-state index in [1.54, 1.807) is 13.2 Å². The summed E-state index contributed by atoms with van der Waals surface area (Å²) >= 11 is 0. The van der Waals surface area contributed by atoms with Gasteiger partial charge in [0.15, 0.2) is 0 Å². The van der Waals surface area contributed by atoms with Crippen molar-refractivity contribution in [2.45, 2.75) is 32.6 Å². The minimum absolute atomic E-state index is 0.634. The van der Waals surface area contributed by atoms with E-state index in [0.29, 0.717) is 5.69 Å². The highest BCUT2D eigenvalue weighted by molar-refractivity contribution is 5.56. The largest absolute Gasteiger partial charge is 0.497 e. The number of hydrogen-bond donors (Lipinski definition) is 1. The van der Waals surface area contributed by atoms with Crippen molar-refractivity contribution in [1.82, 2.24) is 0 Å². The standard InChI is InChI=1S/C13H21NO2/c1-3-4-5-6-9-16-13-8-7-11(15-2)10-12(13)14/h7-8,10H,3-6,9,14H2,1-2H3. The van der Waals surface area contributed by atoms with Crippen LogP contribution in [0.3, 0.4) is 0 Å². The van der Waals surface area contributed by atoms with Gasteiger partial charge in [-0.05, 0) is 18.6 Å². The zero-order chi connectivity index (χ0) is 11.8. The zero-order valence-electron chi connectivity index (χ0n) is 10.2. The number of ether oxygens (including phenoxy) is 2. The van der Waals surface area contributed by atoms with Gasteiger partial charge >= 0.3 is 0 Å². The summed E-state index contributed by atoms with van der Waals surface area (Å²) in [4.78, 5) is 0. The molecule has 0 amide bonds. The molecule has 16 heavy (non-hydrogen) atoms. The van der Waals surface area contributed by atoms with E-state index >= 15 is 0 Å². The first kappa shape index (κ1) is 12.7. The highest BCUT2D eigenvalue weighted by Crippen LogP contribution is 2.26. The third-order valence-electron chi connectivity index (χ3n) is 2.47. The lowest BCUT2D eigenvalue weighted by Crippen LogP contribution is -2.00. The van der Waals surface area contributed by atoms with E-state index in [-0.39, 0.29) is 0 Å². The number of benzene rings is 1. The lowest BCUT2D eigenvalue weighted by Gasteiger charge is -2.09. The summed E-state index contributed by atoms with van der Waals surface area (Å²) in [5.41, 5.74) is 6.47. The van der Waals surface area contributed by atoms with Gasteiger partial charge in [-0.2, -0.15) is 0 Å². The third-order valence-corrected chi connectivity index (χ3v) is 2.47. The van der Waals surface area contributed by atoms with Gasteiger partial charge in [0, 0.05) is 6.07 Å². The van der Waals surface area contributed by atoms with Crippen molar-refractivity contribution in [3.05, 3.63) is 18.2 Å². The predicted octanol–water partition coefficient (Wildman–Crippen LogP) is 3.24. The Bertz CT molecular complexity index is 313. The summed E-state index contributed by atoms with van der Waals surface area (Å²) in [6.45, 7) is 2.93. The first-order valence-electron chi connectivity index (χ1n) is 5.84. The van der Waals surface area contributed by atoms with Crippen molar-refractivity contribution in [2.24, 2.45) is 0 Å². The molecule has 0 spiro atoms. The number of nitrogens with two attached hydrogens (primary N) is 1. The van der Waals surface area contributed by atoms with Crippen molar-refractivity contribution < 1.29 is 9.47 Å². The molecule has 0 bridgehead atoms. The van der Waals surface area contributed by atoms with Crippen molar-refractivity contribution in [3.8, 4) is 11.5 Å². The highest BCUT2D eigenvalue weighted by Gasteiger charge is 2.01. The first-order valence-corrected chi connectivity index (χ1v) is 5.84. The fraction of sp³-hybridized carbons (Fsp3) is 0.538. The van der Waals surface area contributed by atoms with Gasteiger partial charge in [-0.25, -0.2) is 0 Å². The van der Waals surface area contributed by atoms with Crippen LogP contribution in [-0.4, -0.2) is 13.7 Å². The lowest BCUT2D eigenvalue weighted by atomic mass is 10.2. The van der Waals surface area contributed by atoms with Gasteiger partial charge in [0.1, 0.15) is 11.5 Å². The smallest absolute Gasteiger partial charge is 0.142 e. The molecule has 1 rings (SSSR count). The number of nitrogen functional groups attached to an aromatic ring is 1. The molecule has 0 saturated carbocycles. The monoisotopic (exact) mass is 223 g/mol. The molecule has 0 atom stereocenters. The van der Waals surface area contributed by atoms with Gasteiger partial charge in [0.2, 0.25) is 0 Å². The van der Waals surface area contributed by atoms with E-state index in [2.05, 4.69) is 6.92 Å². The Morgan fingerprint density at radius 1 is 1.19 bits per heavy atom. The molecule has 0 fully saturated rings. The van der Waals surface area contributed by atoms with Crippen LogP contribution in [0.1, 0.15) is 32.6 Å². The number of hydrogen-bond acceptors (Lipinski definition) is 3. The SMILES string of the molecule is CCCCCCOc1ccc(OC)cc1N. The lowest BCUT2D eigenvalue weighted by molar-refractivity contribution is 0.306. The summed E-state index contributed by atoms with van der Waals surface area (Å²) < 4.78 is 10.7.